The average molecular weight is 508 g/mol. The number of fused-ring (bicyclic) bond motifs is 1. The van der Waals surface area contributed by atoms with Crippen LogP contribution in [0.5, 0.6) is 0 Å². The Morgan fingerprint density at radius 1 is 1.06 bits per heavy atom. The first-order valence-corrected chi connectivity index (χ1v) is 13.8. The molecule has 1 aromatic heterocycles. The lowest BCUT2D eigenvalue weighted by atomic mass is 9.94. The molecule has 0 radical (unpaired) electrons. The van der Waals surface area contributed by atoms with Gasteiger partial charge in [-0.3, -0.25) is 9.69 Å². The van der Waals surface area contributed by atoms with Gasteiger partial charge in [-0.1, -0.05) is 24.3 Å². The number of benzene rings is 2. The van der Waals surface area contributed by atoms with Gasteiger partial charge in [0.05, 0.1) is 11.0 Å². The molecule has 5 rings (SSSR count). The van der Waals surface area contributed by atoms with Crippen molar-refractivity contribution in [2.24, 2.45) is 0 Å². The van der Waals surface area contributed by atoms with E-state index in [-0.39, 0.29) is 29.1 Å². The molecule has 1 saturated heterocycles. The van der Waals surface area contributed by atoms with Gasteiger partial charge in [-0.15, -0.1) is 0 Å². The van der Waals surface area contributed by atoms with Crippen LogP contribution in [0.1, 0.15) is 28.0 Å². The molecule has 2 aliphatic heterocycles. The van der Waals surface area contributed by atoms with E-state index >= 15 is 0 Å². The van der Waals surface area contributed by atoms with Gasteiger partial charge in [0.25, 0.3) is 5.91 Å². The van der Waals surface area contributed by atoms with Gasteiger partial charge in [-0.2, -0.15) is 0 Å². The van der Waals surface area contributed by atoms with Crippen molar-refractivity contribution >= 4 is 27.2 Å². The minimum absolute atomic E-state index is 0.0138. The number of hydrogen-bond donors (Lipinski definition) is 2. The van der Waals surface area contributed by atoms with Crippen LogP contribution in [0.2, 0.25) is 0 Å². The number of sulfone groups is 1. The Morgan fingerprint density at radius 2 is 1.81 bits per heavy atom. The van der Waals surface area contributed by atoms with Crippen molar-refractivity contribution in [3.63, 3.8) is 0 Å². The van der Waals surface area contributed by atoms with Crippen LogP contribution in [0.3, 0.4) is 0 Å². The summed E-state index contributed by atoms with van der Waals surface area (Å²) in [7, 11) is -3.28. The summed E-state index contributed by atoms with van der Waals surface area (Å²) in [5, 5.41) is 14.0. The molecule has 0 bridgehead atoms. The molecule has 2 N–H and O–H groups in total. The number of aliphatic hydroxyl groups excluding tert-OH is 1. The molecule has 188 valence electrons. The van der Waals surface area contributed by atoms with Crippen LogP contribution in [-0.4, -0.2) is 77.2 Å². The minimum atomic E-state index is -3.28. The molecule has 36 heavy (non-hydrogen) atoms. The summed E-state index contributed by atoms with van der Waals surface area (Å²) >= 11 is 0. The third-order valence-electron chi connectivity index (χ3n) is 6.90. The first-order chi connectivity index (χ1) is 17.3. The number of anilines is 2. The Bertz CT molecular complexity index is 1360. The topological polar surface area (TPSA) is 116 Å². The smallest absolute Gasteiger partial charge is 0.272 e. The number of β-amino-alcohol motifs (C(OH)–C–C–N with tert-alkyl or cyclic N) is 1. The fraction of sp³-hybridized carbons (Fsp3) is 0.346. The second kappa shape index (κ2) is 9.96. The molecule has 0 saturated carbocycles. The molecular weight excluding hydrogens is 478 g/mol. The third-order valence-corrected chi connectivity index (χ3v) is 8.03. The molecule has 3 aromatic rings. The Morgan fingerprint density at radius 3 is 2.53 bits per heavy atom. The number of nitrogens with one attached hydrogen (secondary N) is 1. The number of aliphatic hydroxyl groups is 1. The normalized spacial score (nSPS) is 20.6. The lowest BCUT2D eigenvalue weighted by molar-refractivity contribution is -0.0139. The number of hydrogen-bond acceptors (Lipinski definition) is 8. The highest BCUT2D eigenvalue weighted by Gasteiger charge is 2.35. The highest BCUT2D eigenvalue weighted by Crippen LogP contribution is 2.26. The average Bonchev–Trinajstić information content (AvgIpc) is 2.88. The van der Waals surface area contributed by atoms with Crippen LogP contribution >= 0.6 is 0 Å². The number of rotatable bonds is 5. The summed E-state index contributed by atoms with van der Waals surface area (Å²) in [5.41, 5.74) is 3.55. The molecule has 2 aromatic carbocycles. The van der Waals surface area contributed by atoms with E-state index in [0.29, 0.717) is 24.5 Å². The van der Waals surface area contributed by atoms with Crippen LogP contribution in [0.4, 0.5) is 11.5 Å². The van der Waals surface area contributed by atoms with Gasteiger partial charge in [-0.25, -0.2) is 18.4 Å². The molecule has 3 heterocycles. The zero-order chi connectivity index (χ0) is 25.3. The van der Waals surface area contributed by atoms with Gasteiger partial charge < -0.3 is 15.3 Å². The lowest BCUT2D eigenvalue weighted by Crippen LogP contribution is -2.56. The molecule has 1 fully saturated rings. The van der Waals surface area contributed by atoms with Gasteiger partial charge >= 0.3 is 0 Å². The second-order valence-corrected chi connectivity index (χ2v) is 11.4. The number of carbonyl (C=O) groups excluding carboxylic acids is 1. The first-order valence-electron chi connectivity index (χ1n) is 12.0. The molecule has 0 aliphatic carbocycles. The number of aromatic nitrogens is 2. The molecule has 2 aliphatic rings. The van der Waals surface area contributed by atoms with Crippen molar-refractivity contribution in [2.75, 3.05) is 31.2 Å². The van der Waals surface area contributed by atoms with Crippen molar-refractivity contribution in [1.82, 2.24) is 19.8 Å². The summed E-state index contributed by atoms with van der Waals surface area (Å²) in [4.78, 5) is 25.7. The second-order valence-electron chi connectivity index (χ2n) is 9.37. The van der Waals surface area contributed by atoms with Gasteiger partial charge in [0.15, 0.2) is 9.84 Å². The Kier molecular flexibility index (Phi) is 6.74. The van der Waals surface area contributed by atoms with E-state index in [4.69, 9.17) is 0 Å². The van der Waals surface area contributed by atoms with E-state index in [9.17, 15) is 18.3 Å². The molecule has 2 atom stereocenters. The predicted molar refractivity (Wildman–Crippen MR) is 136 cm³/mol. The molecule has 0 spiro atoms. The van der Waals surface area contributed by atoms with E-state index in [1.165, 1.54) is 29.6 Å². The standard InChI is InChI=1S/C26H29N5O4S/c1-36(34,35)21-8-6-20(7-9-21)29-25-14-22(27-17-28-25)26(33)31-13-11-23(24(32)16-31)30-12-10-18-4-2-3-5-19(18)15-30/h2-9,14,17,23-24,32H,10-13,15-16H2,1H3,(H,27,28,29)/t23-,24-/m1/s1. The summed E-state index contributed by atoms with van der Waals surface area (Å²) in [5.74, 6) is 0.164. The fourth-order valence-corrected chi connectivity index (χ4v) is 5.60. The molecular formula is C26H29N5O4S. The van der Waals surface area contributed by atoms with Crippen molar-refractivity contribution in [2.45, 2.75) is 36.4 Å². The third kappa shape index (κ3) is 5.25. The Labute approximate surface area is 210 Å². The Balaban J connectivity index is 1.22. The summed E-state index contributed by atoms with van der Waals surface area (Å²) in [6.07, 6.45) is 3.49. The number of nitrogens with zero attached hydrogens (tertiary/aromatic N) is 4. The van der Waals surface area contributed by atoms with Crippen molar-refractivity contribution < 1.29 is 18.3 Å². The number of likely N-dealkylation sites (tertiary alicyclic amines) is 1. The van der Waals surface area contributed by atoms with Crippen molar-refractivity contribution in [3.05, 3.63) is 77.7 Å². The molecule has 9 nitrogen and oxygen atoms in total. The van der Waals surface area contributed by atoms with E-state index < -0.39 is 15.9 Å². The summed E-state index contributed by atoms with van der Waals surface area (Å²) in [6, 6.07) is 16.3. The molecule has 1 amide bonds. The Hall–Kier alpha value is -3.34. The van der Waals surface area contributed by atoms with Crippen LogP contribution in [0, 0.1) is 0 Å². The predicted octanol–water partition coefficient (Wildman–Crippen LogP) is 2.26. The van der Waals surface area contributed by atoms with Gasteiger partial charge in [-0.05, 0) is 48.2 Å². The van der Waals surface area contributed by atoms with E-state index in [2.05, 4.69) is 44.5 Å². The van der Waals surface area contributed by atoms with Gasteiger partial charge in [0.2, 0.25) is 0 Å². The SMILES string of the molecule is CS(=O)(=O)c1ccc(Nc2cc(C(=O)N3CC[C@@H](N4CCc5ccccc5C4)[C@H](O)C3)ncn2)cc1. The highest BCUT2D eigenvalue weighted by molar-refractivity contribution is 7.90. The maximum absolute atomic E-state index is 13.2. The van der Waals surface area contributed by atoms with Gasteiger partial charge in [0.1, 0.15) is 17.8 Å². The van der Waals surface area contributed by atoms with Crippen molar-refractivity contribution in [3.8, 4) is 0 Å². The number of piperidine rings is 1. The fourth-order valence-electron chi connectivity index (χ4n) is 4.97. The highest BCUT2D eigenvalue weighted by atomic mass is 32.2. The van der Waals surface area contributed by atoms with Crippen molar-refractivity contribution in [1.29, 1.82) is 0 Å². The maximum Gasteiger partial charge on any atom is 0.272 e. The number of amides is 1. The minimum Gasteiger partial charge on any atom is -0.390 e. The van der Waals surface area contributed by atoms with E-state index in [0.717, 1.165) is 25.8 Å². The van der Waals surface area contributed by atoms with E-state index in [1.54, 1.807) is 23.1 Å². The zero-order valence-electron chi connectivity index (χ0n) is 20.0. The number of carbonyl (C=O) groups is 1. The summed E-state index contributed by atoms with van der Waals surface area (Å²) in [6.45, 7) is 2.51. The molecule has 0 unspecified atom stereocenters. The monoisotopic (exact) mass is 507 g/mol. The van der Waals surface area contributed by atoms with Crippen LogP contribution in [0.25, 0.3) is 0 Å². The van der Waals surface area contributed by atoms with Gasteiger partial charge in [0, 0.05) is 50.2 Å². The lowest BCUT2D eigenvalue weighted by Gasteiger charge is -2.43. The molecule has 10 heteroatoms. The summed E-state index contributed by atoms with van der Waals surface area (Å²) < 4.78 is 23.3. The first kappa shape index (κ1) is 24.4. The van der Waals surface area contributed by atoms with Crippen LogP contribution in [-0.2, 0) is 22.8 Å². The maximum atomic E-state index is 13.2. The zero-order valence-corrected chi connectivity index (χ0v) is 20.9. The van der Waals surface area contributed by atoms with Crippen LogP contribution in [0.15, 0.2) is 65.8 Å². The quantitative estimate of drug-likeness (QED) is 0.540. The largest absolute Gasteiger partial charge is 0.390 e. The van der Waals surface area contributed by atoms with E-state index in [1.807, 2.05) is 0 Å². The van der Waals surface area contributed by atoms with Crippen LogP contribution < -0.4 is 5.32 Å².